The number of thioether (sulfide) groups is 1. The van der Waals surface area contributed by atoms with E-state index in [-0.39, 0.29) is 16.7 Å². The molecule has 3 rings (SSSR count). The number of esters is 1. The van der Waals surface area contributed by atoms with E-state index in [1.54, 1.807) is 40.9 Å². The van der Waals surface area contributed by atoms with Crippen LogP contribution in [0, 0.1) is 0 Å². The molecular weight excluding hydrogens is 328 g/mol. The number of rotatable bonds is 4. The van der Waals surface area contributed by atoms with Crippen LogP contribution < -0.4 is 10.1 Å². The van der Waals surface area contributed by atoms with E-state index in [0.717, 1.165) is 6.42 Å². The first kappa shape index (κ1) is 16.8. The van der Waals surface area contributed by atoms with Gasteiger partial charge in [0.1, 0.15) is 11.8 Å². The lowest BCUT2D eigenvalue weighted by molar-refractivity contribution is -0.146. The van der Waals surface area contributed by atoms with Gasteiger partial charge in [0.25, 0.3) is 5.91 Å². The monoisotopic (exact) mass is 348 g/mol. The van der Waals surface area contributed by atoms with E-state index in [0.29, 0.717) is 30.0 Å². The highest BCUT2D eigenvalue weighted by atomic mass is 32.2. The molecule has 2 fully saturated rings. The lowest BCUT2D eigenvalue weighted by atomic mass is 10.2. The van der Waals surface area contributed by atoms with Gasteiger partial charge in [-0.3, -0.25) is 9.59 Å². The first-order valence-corrected chi connectivity index (χ1v) is 8.99. The summed E-state index contributed by atoms with van der Waals surface area (Å²) < 4.78 is 5.42. The SMILES string of the molecule is CCNC(=O)c1ccc(OC(=O)C2CSC3(C)CCC(=O)N23)cc1. The second-order valence-electron chi connectivity index (χ2n) is 6.07. The van der Waals surface area contributed by atoms with Gasteiger partial charge < -0.3 is 15.0 Å². The molecule has 0 aromatic heterocycles. The van der Waals surface area contributed by atoms with E-state index in [9.17, 15) is 14.4 Å². The van der Waals surface area contributed by atoms with Crippen LogP contribution in [0.5, 0.6) is 5.75 Å². The molecule has 2 unspecified atom stereocenters. The highest BCUT2D eigenvalue weighted by Gasteiger charge is 2.53. The van der Waals surface area contributed by atoms with Crippen molar-refractivity contribution >= 4 is 29.5 Å². The fourth-order valence-electron chi connectivity index (χ4n) is 3.12. The maximum absolute atomic E-state index is 12.5. The summed E-state index contributed by atoms with van der Waals surface area (Å²) >= 11 is 1.63. The van der Waals surface area contributed by atoms with Crippen molar-refractivity contribution in [2.45, 2.75) is 37.6 Å². The molecule has 2 aliphatic heterocycles. The van der Waals surface area contributed by atoms with Gasteiger partial charge in [-0.05, 0) is 44.5 Å². The maximum atomic E-state index is 12.5. The largest absolute Gasteiger partial charge is 0.425 e. The Morgan fingerprint density at radius 3 is 2.75 bits per heavy atom. The number of fused-ring (bicyclic) bond motifs is 1. The molecule has 2 aliphatic rings. The fraction of sp³-hybridized carbons (Fsp3) is 0.471. The van der Waals surface area contributed by atoms with Crippen molar-refractivity contribution in [1.29, 1.82) is 0 Å². The zero-order valence-corrected chi connectivity index (χ0v) is 14.5. The standard InChI is InChI=1S/C17H20N2O4S/c1-3-18-15(21)11-4-6-12(7-5-11)23-16(22)13-10-24-17(2)9-8-14(20)19(13)17/h4-7,13H,3,8-10H2,1-2H3,(H,18,21). The lowest BCUT2D eigenvalue weighted by Crippen LogP contribution is -2.47. The molecular formula is C17H20N2O4S. The molecule has 0 saturated carbocycles. The molecule has 6 nitrogen and oxygen atoms in total. The highest BCUT2D eigenvalue weighted by molar-refractivity contribution is 8.01. The number of hydrogen-bond donors (Lipinski definition) is 1. The van der Waals surface area contributed by atoms with Crippen LogP contribution in [-0.4, -0.2) is 45.9 Å². The molecule has 128 valence electrons. The molecule has 2 amide bonds. The van der Waals surface area contributed by atoms with Crippen LogP contribution >= 0.6 is 11.8 Å². The molecule has 24 heavy (non-hydrogen) atoms. The van der Waals surface area contributed by atoms with Crippen LogP contribution in [0.2, 0.25) is 0 Å². The van der Waals surface area contributed by atoms with Gasteiger partial charge >= 0.3 is 5.97 Å². The summed E-state index contributed by atoms with van der Waals surface area (Å²) in [6, 6.07) is 5.87. The number of nitrogens with zero attached hydrogens (tertiary/aromatic N) is 1. The van der Waals surface area contributed by atoms with Gasteiger partial charge in [-0.25, -0.2) is 4.79 Å². The molecule has 2 saturated heterocycles. The maximum Gasteiger partial charge on any atom is 0.335 e. The molecule has 0 aliphatic carbocycles. The first-order chi connectivity index (χ1) is 11.4. The van der Waals surface area contributed by atoms with E-state index < -0.39 is 12.0 Å². The van der Waals surface area contributed by atoms with Gasteiger partial charge in [-0.1, -0.05) is 0 Å². The first-order valence-electron chi connectivity index (χ1n) is 8.00. The molecule has 2 heterocycles. The van der Waals surface area contributed by atoms with Crippen molar-refractivity contribution in [3.05, 3.63) is 29.8 Å². The molecule has 1 N–H and O–H groups in total. The summed E-state index contributed by atoms with van der Waals surface area (Å²) in [4.78, 5) is 37.6. The average Bonchev–Trinajstić information content (AvgIpc) is 3.05. The van der Waals surface area contributed by atoms with Gasteiger partial charge in [-0.2, -0.15) is 0 Å². The third kappa shape index (κ3) is 3.00. The zero-order chi connectivity index (χ0) is 17.3. The van der Waals surface area contributed by atoms with Crippen LogP contribution in [0.25, 0.3) is 0 Å². The second-order valence-corrected chi connectivity index (χ2v) is 7.57. The molecule has 1 aromatic rings. The molecule has 0 radical (unpaired) electrons. The van der Waals surface area contributed by atoms with Crippen LogP contribution in [0.1, 0.15) is 37.0 Å². The molecule has 0 bridgehead atoms. The Morgan fingerprint density at radius 1 is 1.38 bits per heavy atom. The summed E-state index contributed by atoms with van der Waals surface area (Å²) in [5.74, 6) is 0.348. The van der Waals surface area contributed by atoms with Gasteiger partial charge in [0.05, 0.1) is 4.87 Å². The quantitative estimate of drug-likeness (QED) is 0.663. The van der Waals surface area contributed by atoms with Crippen LogP contribution in [0.15, 0.2) is 24.3 Å². The van der Waals surface area contributed by atoms with E-state index in [1.807, 2.05) is 13.8 Å². The Morgan fingerprint density at radius 2 is 2.08 bits per heavy atom. The Labute approximate surface area is 144 Å². The van der Waals surface area contributed by atoms with E-state index in [4.69, 9.17) is 4.74 Å². The summed E-state index contributed by atoms with van der Waals surface area (Å²) in [7, 11) is 0. The summed E-state index contributed by atoms with van der Waals surface area (Å²) in [6.45, 7) is 4.40. The Hall–Kier alpha value is -2.02. The average molecular weight is 348 g/mol. The smallest absolute Gasteiger partial charge is 0.335 e. The van der Waals surface area contributed by atoms with Crippen LogP contribution in [-0.2, 0) is 9.59 Å². The normalized spacial score (nSPS) is 25.5. The van der Waals surface area contributed by atoms with Crippen molar-refractivity contribution in [3.8, 4) is 5.75 Å². The minimum Gasteiger partial charge on any atom is -0.425 e. The number of benzene rings is 1. The minimum atomic E-state index is -0.543. The van der Waals surface area contributed by atoms with Crippen molar-refractivity contribution in [1.82, 2.24) is 10.2 Å². The number of nitrogens with one attached hydrogen (secondary N) is 1. The molecule has 2 atom stereocenters. The molecule has 7 heteroatoms. The predicted octanol–water partition coefficient (Wildman–Crippen LogP) is 1.80. The van der Waals surface area contributed by atoms with Gasteiger partial charge in [-0.15, -0.1) is 11.8 Å². The van der Waals surface area contributed by atoms with Crippen LogP contribution in [0.4, 0.5) is 0 Å². The highest BCUT2D eigenvalue weighted by Crippen LogP contribution is 2.47. The lowest BCUT2D eigenvalue weighted by Gasteiger charge is -2.29. The van der Waals surface area contributed by atoms with E-state index >= 15 is 0 Å². The Bertz CT molecular complexity index is 676. The Balaban J connectivity index is 1.67. The molecule has 0 spiro atoms. The zero-order valence-electron chi connectivity index (χ0n) is 13.7. The number of carbonyl (C=O) groups excluding carboxylic acids is 3. The summed E-state index contributed by atoms with van der Waals surface area (Å²) in [5.41, 5.74) is 0.510. The number of carbonyl (C=O) groups is 3. The van der Waals surface area contributed by atoms with Gasteiger partial charge in [0.15, 0.2) is 0 Å². The number of amides is 2. The third-order valence-electron chi connectivity index (χ3n) is 4.39. The number of ether oxygens (including phenoxy) is 1. The van der Waals surface area contributed by atoms with Crippen molar-refractivity contribution in [3.63, 3.8) is 0 Å². The molecule has 1 aromatic carbocycles. The van der Waals surface area contributed by atoms with E-state index in [2.05, 4.69) is 5.32 Å². The van der Waals surface area contributed by atoms with Crippen molar-refractivity contribution < 1.29 is 19.1 Å². The van der Waals surface area contributed by atoms with Gasteiger partial charge in [0.2, 0.25) is 5.91 Å². The fourth-order valence-corrected chi connectivity index (χ4v) is 4.53. The Kier molecular flexibility index (Phi) is 4.54. The van der Waals surface area contributed by atoms with Crippen molar-refractivity contribution in [2.24, 2.45) is 0 Å². The van der Waals surface area contributed by atoms with Crippen molar-refractivity contribution in [2.75, 3.05) is 12.3 Å². The predicted molar refractivity (Wildman–Crippen MR) is 90.8 cm³/mol. The van der Waals surface area contributed by atoms with Crippen LogP contribution in [0.3, 0.4) is 0 Å². The number of hydrogen-bond acceptors (Lipinski definition) is 5. The second kappa shape index (κ2) is 6.47. The van der Waals surface area contributed by atoms with Gasteiger partial charge in [0, 0.05) is 24.3 Å². The summed E-state index contributed by atoms with van der Waals surface area (Å²) in [5, 5.41) is 2.71. The summed E-state index contributed by atoms with van der Waals surface area (Å²) in [6.07, 6.45) is 1.25. The minimum absolute atomic E-state index is 0.0102. The van der Waals surface area contributed by atoms with E-state index in [1.165, 1.54) is 0 Å². The topological polar surface area (TPSA) is 75.7 Å². The third-order valence-corrected chi connectivity index (χ3v) is 5.89.